The molecular formula is C18H18N2O2S. The van der Waals surface area contributed by atoms with Crippen LogP contribution < -0.4 is 5.56 Å². The van der Waals surface area contributed by atoms with Crippen LogP contribution in [0.25, 0.3) is 21.3 Å². The van der Waals surface area contributed by atoms with E-state index in [-0.39, 0.29) is 11.7 Å². The quantitative estimate of drug-likeness (QED) is 0.738. The van der Waals surface area contributed by atoms with E-state index in [1.165, 1.54) is 0 Å². The van der Waals surface area contributed by atoms with Gasteiger partial charge in [0.15, 0.2) is 0 Å². The summed E-state index contributed by atoms with van der Waals surface area (Å²) in [6, 6.07) is 10.1. The van der Waals surface area contributed by atoms with Gasteiger partial charge >= 0.3 is 0 Å². The zero-order valence-corrected chi connectivity index (χ0v) is 13.8. The zero-order valence-electron chi connectivity index (χ0n) is 13.0. The van der Waals surface area contributed by atoms with E-state index in [4.69, 9.17) is 4.74 Å². The molecule has 4 rings (SSSR count). The molecule has 0 spiro atoms. The van der Waals surface area contributed by atoms with Gasteiger partial charge < -0.3 is 4.74 Å². The van der Waals surface area contributed by atoms with Crippen molar-refractivity contribution in [3.63, 3.8) is 0 Å². The Morgan fingerprint density at radius 1 is 1.35 bits per heavy atom. The molecule has 0 radical (unpaired) electrons. The molecule has 23 heavy (non-hydrogen) atoms. The lowest BCUT2D eigenvalue weighted by Gasteiger charge is -2.11. The summed E-state index contributed by atoms with van der Waals surface area (Å²) in [4.78, 5) is 19.5. The van der Waals surface area contributed by atoms with Crippen molar-refractivity contribution in [1.29, 1.82) is 0 Å². The second-order valence-electron chi connectivity index (χ2n) is 5.92. The van der Waals surface area contributed by atoms with Crippen LogP contribution in [0.2, 0.25) is 0 Å². The maximum atomic E-state index is 13.0. The zero-order chi connectivity index (χ0) is 15.8. The van der Waals surface area contributed by atoms with E-state index in [1.807, 2.05) is 30.3 Å². The lowest BCUT2D eigenvalue weighted by atomic mass is 10.0. The maximum Gasteiger partial charge on any atom is 0.262 e. The molecule has 0 saturated carbocycles. The van der Waals surface area contributed by atoms with Crippen LogP contribution in [0.4, 0.5) is 0 Å². The van der Waals surface area contributed by atoms with E-state index >= 15 is 0 Å². The van der Waals surface area contributed by atoms with Gasteiger partial charge in [-0.05, 0) is 25.3 Å². The molecule has 1 atom stereocenters. The molecule has 3 aromatic rings. The van der Waals surface area contributed by atoms with Gasteiger partial charge in [-0.1, -0.05) is 30.3 Å². The Kier molecular flexibility index (Phi) is 3.75. The molecular weight excluding hydrogens is 308 g/mol. The monoisotopic (exact) mass is 326 g/mol. The van der Waals surface area contributed by atoms with Gasteiger partial charge in [0, 0.05) is 17.0 Å². The van der Waals surface area contributed by atoms with Gasteiger partial charge in [-0.3, -0.25) is 9.36 Å². The Morgan fingerprint density at radius 3 is 2.91 bits per heavy atom. The first-order valence-corrected chi connectivity index (χ1v) is 8.71. The van der Waals surface area contributed by atoms with Gasteiger partial charge in [0.25, 0.3) is 5.56 Å². The van der Waals surface area contributed by atoms with E-state index in [9.17, 15) is 4.79 Å². The average Bonchev–Trinajstić information content (AvgIpc) is 3.18. The Morgan fingerprint density at radius 2 is 2.17 bits per heavy atom. The number of rotatable bonds is 3. The highest BCUT2D eigenvalue weighted by molar-refractivity contribution is 7.19. The second-order valence-corrected chi connectivity index (χ2v) is 7.12. The second kappa shape index (κ2) is 5.91. The van der Waals surface area contributed by atoms with Gasteiger partial charge in [0.2, 0.25) is 0 Å². The van der Waals surface area contributed by atoms with Crippen LogP contribution in [0.5, 0.6) is 0 Å². The molecule has 1 aliphatic heterocycles. The fraction of sp³-hybridized carbons (Fsp3) is 0.333. The predicted octanol–water partition coefficient (Wildman–Crippen LogP) is 3.61. The summed E-state index contributed by atoms with van der Waals surface area (Å²) in [5.41, 5.74) is 2.13. The normalized spacial score (nSPS) is 17.9. The number of fused-ring (bicyclic) bond motifs is 1. The van der Waals surface area contributed by atoms with Crippen molar-refractivity contribution in [2.24, 2.45) is 0 Å². The Labute approximate surface area is 138 Å². The van der Waals surface area contributed by atoms with Crippen molar-refractivity contribution in [1.82, 2.24) is 9.55 Å². The van der Waals surface area contributed by atoms with Crippen molar-refractivity contribution in [2.45, 2.75) is 32.4 Å². The number of hydrogen-bond acceptors (Lipinski definition) is 4. The van der Waals surface area contributed by atoms with E-state index < -0.39 is 0 Å². The number of aromatic nitrogens is 2. The molecule has 118 valence electrons. The predicted molar refractivity (Wildman–Crippen MR) is 93.0 cm³/mol. The third kappa shape index (κ3) is 2.60. The van der Waals surface area contributed by atoms with E-state index in [0.29, 0.717) is 6.54 Å². The van der Waals surface area contributed by atoms with Crippen molar-refractivity contribution in [3.05, 3.63) is 51.9 Å². The van der Waals surface area contributed by atoms with Gasteiger partial charge in [0.05, 0.1) is 24.4 Å². The minimum Gasteiger partial charge on any atom is -0.376 e. The molecule has 1 aromatic carbocycles. The molecule has 2 aromatic heterocycles. The fourth-order valence-electron chi connectivity index (χ4n) is 3.23. The highest BCUT2D eigenvalue weighted by Gasteiger charge is 2.20. The summed E-state index contributed by atoms with van der Waals surface area (Å²) in [6.45, 7) is 3.44. The molecule has 0 unspecified atom stereocenters. The van der Waals surface area contributed by atoms with Gasteiger partial charge in [0.1, 0.15) is 4.83 Å². The van der Waals surface area contributed by atoms with Crippen LogP contribution in [0, 0.1) is 6.92 Å². The molecule has 0 N–H and O–H groups in total. The van der Waals surface area contributed by atoms with Crippen molar-refractivity contribution < 1.29 is 4.74 Å². The lowest BCUT2D eigenvalue weighted by Crippen LogP contribution is -2.26. The minimum absolute atomic E-state index is 0.0358. The van der Waals surface area contributed by atoms with Crippen LogP contribution in [0.15, 0.2) is 41.5 Å². The highest BCUT2D eigenvalue weighted by Crippen LogP contribution is 2.35. The van der Waals surface area contributed by atoms with Crippen molar-refractivity contribution >= 4 is 21.6 Å². The maximum absolute atomic E-state index is 13.0. The Hall–Kier alpha value is -1.98. The fourth-order valence-corrected chi connectivity index (χ4v) is 4.23. The standard InChI is InChI=1S/C18H18N2O2S/c1-12-15(13-6-3-2-4-7-13)16-17(23-12)19-11-20(18(16)21)10-14-8-5-9-22-14/h2-4,6-7,11,14H,5,8-10H2,1H3/t14-/m0/s1. The molecule has 1 saturated heterocycles. The molecule has 0 bridgehead atoms. The van der Waals surface area contributed by atoms with Gasteiger partial charge in [-0.25, -0.2) is 4.98 Å². The molecule has 4 nitrogen and oxygen atoms in total. The number of benzene rings is 1. The first-order chi connectivity index (χ1) is 11.2. The summed E-state index contributed by atoms with van der Waals surface area (Å²) in [5, 5.41) is 0.735. The van der Waals surface area contributed by atoms with Gasteiger partial charge in [-0.2, -0.15) is 0 Å². The third-order valence-electron chi connectivity index (χ3n) is 4.34. The summed E-state index contributed by atoms with van der Waals surface area (Å²) in [6.07, 6.45) is 3.88. The molecule has 5 heteroatoms. The van der Waals surface area contributed by atoms with Crippen LogP contribution in [0.1, 0.15) is 17.7 Å². The topological polar surface area (TPSA) is 44.1 Å². The number of hydrogen-bond donors (Lipinski definition) is 0. The van der Waals surface area contributed by atoms with E-state index in [1.54, 1.807) is 22.2 Å². The molecule has 0 aliphatic carbocycles. The number of thiophene rings is 1. The molecule has 1 aliphatic rings. The van der Waals surface area contributed by atoms with Crippen molar-refractivity contribution in [3.8, 4) is 11.1 Å². The summed E-state index contributed by atoms with van der Waals surface area (Å²) < 4.78 is 7.36. The highest BCUT2D eigenvalue weighted by atomic mass is 32.1. The Bertz CT molecular complexity index is 893. The van der Waals surface area contributed by atoms with Crippen LogP contribution in [0.3, 0.4) is 0 Å². The van der Waals surface area contributed by atoms with E-state index in [2.05, 4.69) is 11.9 Å². The first kappa shape index (κ1) is 14.6. The first-order valence-electron chi connectivity index (χ1n) is 7.89. The van der Waals surface area contributed by atoms with Crippen LogP contribution in [-0.4, -0.2) is 22.3 Å². The number of nitrogens with zero attached hydrogens (tertiary/aromatic N) is 2. The molecule has 3 heterocycles. The van der Waals surface area contributed by atoms with Crippen LogP contribution >= 0.6 is 11.3 Å². The minimum atomic E-state index is 0.0358. The summed E-state index contributed by atoms with van der Waals surface area (Å²) in [5.74, 6) is 0. The SMILES string of the molecule is Cc1sc2ncn(C[C@@H]3CCCO3)c(=O)c2c1-c1ccccc1. The van der Waals surface area contributed by atoms with E-state index in [0.717, 1.165) is 45.7 Å². The smallest absolute Gasteiger partial charge is 0.262 e. The average molecular weight is 326 g/mol. The number of ether oxygens (including phenoxy) is 1. The summed E-state index contributed by atoms with van der Waals surface area (Å²) >= 11 is 1.58. The summed E-state index contributed by atoms with van der Waals surface area (Å²) in [7, 11) is 0. The largest absolute Gasteiger partial charge is 0.376 e. The van der Waals surface area contributed by atoms with Crippen LogP contribution in [-0.2, 0) is 11.3 Å². The Balaban J connectivity index is 1.87. The molecule has 1 fully saturated rings. The van der Waals surface area contributed by atoms with Crippen molar-refractivity contribution in [2.75, 3.05) is 6.61 Å². The lowest BCUT2D eigenvalue weighted by molar-refractivity contribution is 0.0960. The van der Waals surface area contributed by atoms with Gasteiger partial charge in [-0.15, -0.1) is 11.3 Å². The third-order valence-corrected chi connectivity index (χ3v) is 5.35. The molecule has 0 amide bonds. The number of aryl methyl sites for hydroxylation is 1.